The predicted octanol–water partition coefficient (Wildman–Crippen LogP) is 6.88. The molecule has 0 radical (unpaired) electrons. The summed E-state index contributed by atoms with van der Waals surface area (Å²) in [5, 5.41) is 5.37. The van der Waals surface area contributed by atoms with E-state index in [1.54, 1.807) is 12.1 Å². The van der Waals surface area contributed by atoms with Gasteiger partial charge in [0.05, 0.1) is 27.7 Å². The highest BCUT2D eigenvalue weighted by Gasteiger charge is 2.21. The number of phosphoric acid groups is 1. The maximum Gasteiger partial charge on any atom is 0.319 e. The molecule has 2 atom stereocenters. The van der Waals surface area contributed by atoms with Gasteiger partial charge < -0.3 is 33.8 Å². The summed E-state index contributed by atoms with van der Waals surface area (Å²) < 4.78 is 29.1. The van der Waals surface area contributed by atoms with Gasteiger partial charge in [-0.15, -0.1) is 0 Å². The van der Waals surface area contributed by atoms with E-state index >= 15 is 0 Å². The van der Waals surface area contributed by atoms with Crippen LogP contribution in [0.1, 0.15) is 96.8 Å². The van der Waals surface area contributed by atoms with Crippen molar-refractivity contribution in [2.45, 2.75) is 103 Å². The summed E-state index contributed by atoms with van der Waals surface area (Å²) in [4.78, 5) is 24.7. The summed E-state index contributed by atoms with van der Waals surface area (Å²) >= 11 is 0. The number of urea groups is 1. The first kappa shape index (κ1) is 37.5. The van der Waals surface area contributed by atoms with Crippen LogP contribution < -0.4 is 15.5 Å². The van der Waals surface area contributed by atoms with Crippen molar-refractivity contribution in [2.24, 2.45) is 0 Å². The molecule has 238 valence electrons. The Hall–Kier alpha value is -1.48. The normalized spacial score (nSPS) is 14.0. The molecule has 0 spiro atoms. The predicted molar refractivity (Wildman–Crippen MR) is 166 cm³/mol. The summed E-state index contributed by atoms with van der Waals surface area (Å²) in [7, 11) is 1.28. The van der Waals surface area contributed by atoms with Gasteiger partial charge in [-0.05, 0) is 18.6 Å². The number of benzene rings is 1. The third-order valence-corrected chi connectivity index (χ3v) is 7.81. The Morgan fingerprint density at radius 2 is 1.39 bits per heavy atom. The van der Waals surface area contributed by atoms with Gasteiger partial charge in [0, 0.05) is 18.8 Å². The molecule has 2 N–H and O–H groups in total. The van der Waals surface area contributed by atoms with Gasteiger partial charge in [-0.3, -0.25) is 4.57 Å². The van der Waals surface area contributed by atoms with E-state index in [0.29, 0.717) is 23.3 Å². The number of likely N-dealkylation sites (N-methyl/N-ethyl adjacent to an activating group) is 1. The highest BCUT2D eigenvalue weighted by Crippen LogP contribution is 2.39. The minimum absolute atomic E-state index is 0.0127. The second kappa shape index (κ2) is 23.0. The van der Waals surface area contributed by atoms with Crippen molar-refractivity contribution in [3.05, 3.63) is 30.3 Å². The van der Waals surface area contributed by atoms with Crippen LogP contribution in [0.15, 0.2) is 30.3 Å². The molecular formula is C31H58N3O6P. The van der Waals surface area contributed by atoms with Gasteiger partial charge in [-0.2, -0.15) is 0 Å². The van der Waals surface area contributed by atoms with E-state index in [4.69, 9.17) is 13.8 Å². The number of amides is 2. The quantitative estimate of drug-likeness (QED) is 0.0683. The first-order valence-electron chi connectivity index (χ1n) is 15.7. The van der Waals surface area contributed by atoms with Crippen molar-refractivity contribution < 1.29 is 32.5 Å². The molecule has 0 bridgehead atoms. The Kier molecular flexibility index (Phi) is 21.1. The van der Waals surface area contributed by atoms with Gasteiger partial charge in [0.15, 0.2) is 0 Å². The average molecular weight is 600 g/mol. The second-order valence-corrected chi connectivity index (χ2v) is 13.3. The number of hydrogen-bond donors (Lipinski definition) is 2. The first-order chi connectivity index (χ1) is 19.6. The molecule has 0 fully saturated rings. The van der Waals surface area contributed by atoms with E-state index in [0.717, 1.165) is 12.8 Å². The fourth-order valence-electron chi connectivity index (χ4n) is 4.28. The highest BCUT2D eigenvalue weighted by molar-refractivity contribution is 7.45. The van der Waals surface area contributed by atoms with E-state index in [-0.39, 0.29) is 19.8 Å². The number of carbonyl (C=O) groups excluding carboxylic acids is 1. The lowest BCUT2D eigenvalue weighted by atomic mass is 10.0. The zero-order valence-electron chi connectivity index (χ0n) is 26.2. The van der Waals surface area contributed by atoms with Crippen LogP contribution in [0.2, 0.25) is 0 Å². The first-order valence-corrected chi connectivity index (χ1v) is 17.2. The SMILES string of the molecule is CCCCCCCCCCCCCCCCOCC(CNC(=O)Nc1ccccc1)OP(=O)([O-])OCC[N+](C)(C)C. The number of hydrogen-bond acceptors (Lipinski definition) is 6. The molecule has 41 heavy (non-hydrogen) atoms. The van der Waals surface area contributed by atoms with E-state index in [1.807, 2.05) is 39.3 Å². The number of nitrogens with one attached hydrogen (secondary N) is 2. The smallest absolute Gasteiger partial charge is 0.319 e. The number of ether oxygens (including phenoxy) is 1. The van der Waals surface area contributed by atoms with Crippen molar-refractivity contribution in [1.29, 1.82) is 0 Å². The molecule has 0 heterocycles. The topological polar surface area (TPSA) is 109 Å². The number of anilines is 1. The number of unbranched alkanes of at least 4 members (excludes halogenated alkanes) is 13. The van der Waals surface area contributed by atoms with Gasteiger partial charge in [-0.1, -0.05) is 109 Å². The lowest BCUT2D eigenvalue weighted by Crippen LogP contribution is -2.40. The summed E-state index contributed by atoms with van der Waals surface area (Å²) in [5.74, 6) is 0. The summed E-state index contributed by atoms with van der Waals surface area (Å²) in [6, 6.07) is 8.55. The molecule has 0 aliphatic heterocycles. The Morgan fingerprint density at radius 3 is 1.93 bits per heavy atom. The fraction of sp³-hybridized carbons (Fsp3) is 0.774. The van der Waals surface area contributed by atoms with Crippen LogP contribution in [0.25, 0.3) is 0 Å². The molecule has 10 heteroatoms. The zero-order chi connectivity index (χ0) is 30.2. The van der Waals surface area contributed by atoms with Crippen LogP contribution in [0, 0.1) is 0 Å². The average Bonchev–Trinajstić information content (AvgIpc) is 2.91. The van der Waals surface area contributed by atoms with Gasteiger partial charge >= 0.3 is 6.03 Å². The molecule has 1 aromatic rings. The Morgan fingerprint density at radius 1 is 0.854 bits per heavy atom. The third-order valence-electron chi connectivity index (χ3n) is 6.76. The molecule has 2 unspecified atom stereocenters. The molecule has 0 aliphatic rings. The molecular weight excluding hydrogens is 541 g/mol. The number of rotatable bonds is 26. The minimum Gasteiger partial charge on any atom is -0.756 e. The maximum atomic E-state index is 12.4. The number of nitrogens with zero attached hydrogens (tertiary/aromatic N) is 1. The molecule has 0 aromatic heterocycles. The lowest BCUT2D eigenvalue weighted by molar-refractivity contribution is -0.870. The molecule has 0 saturated heterocycles. The van der Waals surface area contributed by atoms with Gasteiger partial charge in [0.2, 0.25) is 0 Å². The zero-order valence-corrected chi connectivity index (χ0v) is 27.1. The van der Waals surface area contributed by atoms with Crippen LogP contribution in [-0.4, -0.2) is 70.7 Å². The number of carbonyl (C=O) groups is 1. The van der Waals surface area contributed by atoms with Crippen LogP contribution in [0.3, 0.4) is 0 Å². The van der Waals surface area contributed by atoms with Crippen LogP contribution >= 0.6 is 7.82 Å². The third kappa shape index (κ3) is 23.7. The van der Waals surface area contributed by atoms with Crippen molar-refractivity contribution in [3.8, 4) is 0 Å². The van der Waals surface area contributed by atoms with Crippen LogP contribution in [0.4, 0.5) is 10.5 Å². The van der Waals surface area contributed by atoms with Crippen LogP contribution in [-0.2, 0) is 18.3 Å². The van der Waals surface area contributed by atoms with E-state index < -0.39 is 20.0 Å². The lowest BCUT2D eigenvalue weighted by Gasteiger charge is -2.30. The second-order valence-electron chi connectivity index (χ2n) is 11.9. The minimum atomic E-state index is -4.56. The summed E-state index contributed by atoms with van der Waals surface area (Å²) in [5.41, 5.74) is 0.634. The van der Waals surface area contributed by atoms with Crippen molar-refractivity contribution in [1.82, 2.24) is 5.32 Å². The molecule has 1 aromatic carbocycles. The summed E-state index contributed by atoms with van der Waals surface area (Å²) in [6.07, 6.45) is 17.1. The maximum absolute atomic E-state index is 12.4. The van der Waals surface area contributed by atoms with Crippen LogP contribution in [0.5, 0.6) is 0 Å². The van der Waals surface area contributed by atoms with E-state index in [1.165, 1.54) is 77.0 Å². The van der Waals surface area contributed by atoms with E-state index in [2.05, 4.69) is 17.6 Å². The van der Waals surface area contributed by atoms with E-state index in [9.17, 15) is 14.3 Å². The molecule has 0 saturated carbocycles. The molecule has 0 aliphatic carbocycles. The Labute approximate surface area is 249 Å². The molecule has 2 amide bonds. The number of phosphoric ester groups is 1. The standard InChI is InChI=1S/C31H58N3O6P/c1-5-6-7-8-9-10-11-12-13-14-15-16-17-21-25-38-28-30(40-41(36,37)39-26-24-34(2,3)4)27-32-31(35)33-29-22-19-18-20-23-29/h18-20,22-23,30H,5-17,21,24-28H2,1-4H3,(H2-,32,33,35,36,37). The Balaban J connectivity index is 2.27. The van der Waals surface area contributed by atoms with Crippen molar-refractivity contribution >= 4 is 19.5 Å². The van der Waals surface area contributed by atoms with Crippen molar-refractivity contribution in [2.75, 3.05) is 59.4 Å². The largest absolute Gasteiger partial charge is 0.756 e. The number of quaternary nitrogens is 1. The highest BCUT2D eigenvalue weighted by atomic mass is 31.2. The van der Waals surface area contributed by atoms with Gasteiger partial charge in [-0.25, -0.2) is 4.79 Å². The monoisotopic (exact) mass is 599 g/mol. The molecule has 1 rings (SSSR count). The van der Waals surface area contributed by atoms with Gasteiger partial charge in [0.25, 0.3) is 7.82 Å². The van der Waals surface area contributed by atoms with Crippen molar-refractivity contribution in [3.63, 3.8) is 0 Å². The Bertz CT molecular complexity index is 822. The number of para-hydroxylation sites is 1. The fourth-order valence-corrected chi connectivity index (χ4v) is 5.15. The molecule has 9 nitrogen and oxygen atoms in total. The summed E-state index contributed by atoms with van der Waals surface area (Å²) in [6.45, 7) is 3.29. The van der Waals surface area contributed by atoms with Gasteiger partial charge in [0.1, 0.15) is 19.3 Å².